The lowest BCUT2D eigenvalue weighted by Crippen LogP contribution is -2.22. The average molecular weight is 306 g/mol. The van der Waals surface area contributed by atoms with Crippen LogP contribution in [0.3, 0.4) is 0 Å². The van der Waals surface area contributed by atoms with Gasteiger partial charge in [0.05, 0.1) is 6.54 Å². The summed E-state index contributed by atoms with van der Waals surface area (Å²) in [5, 5.41) is 2.95. The number of nitrogens with one attached hydrogen (secondary N) is 1. The summed E-state index contributed by atoms with van der Waals surface area (Å²) in [6.07, 6.45) is -1.05. The van der Waals surface area contributed by atoms with E-state index in [1.807, 2.05) is 30.3 Å². The molecule has 0 spiro atoms. The molecule has 2 rings (SSSR count). The van der Waals surface area contributed by atoms with Gasteiger partial charge in [0.25, 0.3) is 6.43 Å². The van der Waals surface area contributed by atoms with Crippen molar-refractivity contribution in [3.63, 3.8) is 0 Å². The van der Waals surface area contributed by atoms with Crippen LogP contribution in [-0.4, -0.2) is 24.0 Å². The van der Waals surface area contributed by atoms with Gasteiger partial charge in [-0.3, -0.25) is 0 Å². The first kappa shape index (κ1) is 15.7. The first-order chi connectivity index (χ1) is 10.6. The van der Waals surface area contributed by atoms with Crippen LogP contribution >= 0.6 is 0 Å². The van der Waals surface area contributed by atoms with Crippen LogP contribution < -0.4 is 15.8 Å². The van der Waals surface area contributed by atoms with Crippen LogP contribution in [0.15, 0.2) is 53.7 Å². The number of aliphatic imine (C=N–C) groups is 1. The Hall–Kier alpha value is -2.70. The molecule has 116 valence electrons. The number of rotatable bonds is 6. The number of ether oxygens (including phenoxy) is 1. The largest absolute Gasteiger partial charge is 0.472 e. The molecule has 0 aliphatic heterocycles. The molecule has 0 fully saturated rings. The van der Waals surface area contributed by atoms with Gasteiger partial charge in [-0.05, 0) is 23.8 Å². The standard InChI is InChI=1S/C15H16F2N4O/c16-13(17)10-22-14-8-11(6-7-19-14)9-20-15(18)21-12-4-2-1-3-5-12/h1-8,13H,9-10H2,(H3,18,20,21). The number of anilines is 1. The summed E-state index contributed by atoms with van der Waals surface area (Å²) in [5.74, 6) is 0.403. The van der Waals surface area contributed by atoms with Crippen LogP contribution in [0.25, 0.3) is 0 Å². The zero-order chi connectivity index (χ0) is 15.8. The molecule has 3 N–H and O–H groups in total. The van der Waals surface area contributed by atoms with Crippen molar-refractivity contribution in [2.45, 2.75) is 13.0 Å². The molecule has 0 aliphatic carbocycles. The van der Waals surface area contributed by atoms with Crippen LogP contribution in [0.1, 0.15) is 5.56 Å². The number of hydrogen-bond acceptors (Lipinski definition) is 3. The Labute approximate surface area is 126 Å². The number of nitrogens with zero attached hydrogens (tertiary/aromatic N) is 2. The van der Waals surface area contributed by atoms with E-state index >= 15 is 0 Å². The van der Waals surface area contributed by atoms with E-state index in [4.69, 9.17) is 10.5 Å². The Bertz CT molecular complexity index is 620. The van der Waals surface area contributed by atoms with Crippen molar-refractivity contribution in [1.29, 1.82) is 0 Å². The number of hydrogen-bond donors (Lipinski definition) is 2. The molecule has 2 aromatic rings. The monoisotopic (exact) mass is 306 g/mol. The maximum absolute atomic E-state index is 12.1. The van der Waals surface area contributed by atoms with Gasteiger partial charge in [0.2, 0.25) is 5.88 Å². The van der Waals surface area contributed by atoms with Gasteiger partial charge in [0.15, 0.2) is 12.6 Å². The SMILES string of the molecule is NC(=NCc1ccnc(OCC(F)F)c1)Nc1ccccc1. The molecule has 0 unspecified atom stereocenters. The summed E-state index contributed by atoms with van der Waals surface area (Å²) in [5.41, 5.74) is 7.38. The molecule has 0 saturated heterocycles. The smallest absolute Gasteiger partial charge is 0.272 e. The number of halogens is 2. The molecule has 1 heterocycles. The van der Waals surface area contributed by atoms with Crippen molar-refractivity contribution in [2.75, 3.05) is 11.9 Å². The normalized spacial score (nSPS) is 11.5. The molecule has 0 amide bonds. The number of alkyl halides is 2. The second kappa shape index (κ2) is 7.92. The van der Waals surface area contributed by atoms with E-state index in [-0.39, 0.29) is 11.8 Å². The minimum absolute atomic E-state index is 0.141. The Morgan fingerprint density at radius 3 is 2.77 bits per heavy atom. The second-order valence-electron chi connectivity index (χ2n) is 4.40. The molecule has 22 heavy (non-hydrogen) atoms. The fraction of sp³-hybridized carbons (Fsp3) is 0.200. The summed E-state index contributed by atoms with van der Waals surface area (Å²) in [6, 6.07) is 12.7. The van der Waals surface area contributed by atoms with Crippen LogP contribution in [0.2, 0.25) is 0 Å². The summed E-state index contributed by atoms with van der Waals surface area (Å²) in [4.78, 5) is 8.03. The molecule has 0 radical (unpaired) electrons. The van der Waals surface area contributed by atoms with Crippen LogP contribution in [0.5, 0.6) is 5.88 Å². The van der Waals surface area contributed by atoms with Crippen molar-refractivity contribution in [1.82, 2.24) is 4.98 Å². The molecule has 5 nitrogen and oxygen atoms in total. The van der Waals surface area contributed by atoms with Crippen molar-refractivity contribution < 1.29 is 13.5 Å². The highest BCUT2D eigenvalue weighted by Crippen LogP contribution is 2.11. The molecule has 1 aromatic carbocycles. The lowest BCUT2D eigenvalue weighted by Gasteiger charge is -2.07. The molecule has 0 aliphatic rings. The molecular formula is C15H16F2N4O. The summed E-state index contributed by atoms with van der Waals surface area (Å²) in [6.45, 7) is -0.392. The van der Waals surface area contributed by atoms with E-state index in [1.165, 1.54) is 6.20 Å². The third kappa shape index (κ3) is 5.35. The Kier molecular flexibility index (Phi) is 5.65. The predicted molar refractivity (Wildman–Crippen MR) is 81.1 cm³/mol. The predicted octanol–water partition coefficient (Wildman–Crippen LogP) is 2.65. The molecule has 1 aromatic heterocycles. The van der Waals surface area contributed by atoms with Gasteiger partial charge in [-0.25, -0.2) is 18.8 Å². The lowest BCUT2D eigenvalue weighted by atomic mass is 10.3. The highest BCUT2D eigenvalue weighted by Gasteiger charge is 2.05. The number of guanidine groups is 1. The molecule has 0 saturated carbocycles. The van der Waals surface area contributed by atoms with E-state index in [0.717, 1.165) is 11.3 Å². The first-order valence-electron chi connectivity index (χ1n) is 6.61. The van der Waals surface area contributed by atoms with E-state index in [0.29, 0.717) is 6.54 Å². The quantitative estimate of drug-likeness (QED) is 0.635. The minimum atomic E-state index is -2.53. The van der Waals surface area contributed by atoms with Crippen LogP contribution in [0.4, 0.5) is 14.5 Å². The maximum Gasteiger partial charge on any atom is 0.272 e. The lowest BCUT2D eigenvalue weighted by molar-refractivity contribution is 0.0795. The van der Waals surface area contributed by atoms with Crippen LogP contribution in [-0.2, 0) is 6.54 Å². The van der Waals surface area contributed by atoms with Crippen molar-refractivity contribution in [2.24, 2.45) is 10.7 Å². The van der Waals surface area contributed by atoms with Gasteiger partial charge in [-0.1, -0.05) is 18.2 Å². The zero-order valence-corrected chi connectivity index (χ0v) is 11.7. The van der Waals surface area contributed by atoms with Gasteiger partial charge in [-0.15, -0.1) is 0 Å². The molecular weight excluding hydrogens is 290 g/mol. The second-order valence-corrected chi connectivity index (χ2v) is 4.40. The zero-order valence-electron chi connectivity index (χ0n) is 11.7. The molecule has 7 heteroatoms. The number of nitrogens with two attached hydrogens (primary N) is 1. The number of benzene rings is 1. The number of aromatic nitrogens is 1. The third-order valence-corrected chi connectivity index (χ3v) is 2.63. The molecule has 0 atom stereocenters. The van der Waals surface area contributed by atoms with Gasteiger partial charge < -0.3 is 15.8 Å². The Balaban J connectivity index is 1.92. The number of para-hydroxylation sites is 1. The summed E-state index contributed by atoms with van der Waals surface area (Å²) >= 11 is 0. The fourth-order valence-electron chi connectivity index (χ4n) is 1.66. The van der Waals surface area contributed by atoms with E-state index in [1.54, 1.807) is 12.1 Å². The van der Waals surface area contributed by atoms with Crippen LogP contribution in [0, 0.1) is 0 Å². The summed E-state index contributed by atoms with van der Waals surface area (Å²) < 4.78 is 29.0. The van der Waals surface area contributed by atoms with E-state index in [2.05, 4.69) is 15.3 Å². The van der Waals surface area contributed by atoms with E-state index < -0.39 is 13.0 Å². The van der Waals surface area contributed by atoms with Gasteiger partial charge >= 0.3 is 0 Å². The van der Waals surface area contributed by atoms with Gasteiger partial charge in [-0.2, -0.15) is 0 Å². The van der Waals surface area contributed by atoms with Crippen molar-refractivity contribution in [3.05, 3.63) is 54.2 Å². The highest BCUT2D eigenvalue weighted by atomic mass is 19.3. The minimum Gasteiger partial charge on any atom is -0.472 e. The van der Waals surface area contributed by atoms with Crippen molar-refractivity contribution >= 4 is 11.6 Å². The molecule has 0 bridgehead atoms. The van der Waals surface area contributed by atoms with Gasteiger partial charge in [0.1, 0.15) is 0 Å². The Morgan fingerprint density at radius 2 is 2.05 bits per heavy atom. The van der Waals surface area contributed by atoms with Crippen molar-refractivity contribution in [3.8, 4) is 5.88 Å². The maximum atomic E-state index is 12.1. The van der Waals surface area contributed by atoms with E-state index in [9.17, 15) is 8.78 Å². The topological polar surface area (TPSA) is 72.5 Å². The Morgan fingerprint density at radius 1 is 1.27 bits per heavy atom. The third-order valence-electron chi connectivity index (χ3n) is 2.63. The highest BCUT2D eigenvalue weighted by molar-refractivity contribution is 5.92. The summed E-state index contributed by atoms with van der Waals surface area (Å²) in [7, 11) is 0. The fourth-order valence-corrected chi connectivity index (χ4v) is 1.66. The van der Waals surface area contributed by atoms with Gasteiger partial charge in [0, 0.05) is 18.0 Å². The average Bonchev–Trinajstić information content (AvgIpc) is 2.52. The number of pyridine rings is 1. The first-order valence-corrected chi connectivity index (χ1v) is 6.61.